The van der Waals surface area contributed by atoms with Gasteiger partial charge in [0.05, 0.1) is 24.3 Å². The van der Waals surface area contributed by atoms with E-state index in [0.29, 0.717) is 17.3 Å². The predicted octanol–water partition coefficient (Wildman–Crippen LogP) is 5.64. The number of benzene rings is 1. The smallest absolute Gasteiger partial charge is 0.382 e. The van der Waals surface area contributed by atoms with Crippen LogP contribution in [0.5, 0.6) is 0 Å². The van der Waals surface area contributed by atoms with Crippen LogP contribution in [-0.2, 0) is 12.8 Å². The predicted molar refractivity (Wildman–Crippen MR) is 124 cm³/mol. The Morgan fingerprint density at radius 2 is 2.09 bits per heavy atom. The zero-order valence-electron chi connectivity index (χ0n) is 18.2. The van der Waals surface area contributed by atoms with Gasteiger partial charge in [-0.3, -0.25) is 0 Å². The molecule has 5 rings (SSSR count). The third-order valence-corrected chi connectivity index (χ3v) is 7.86. The minimum Gasteiger partial charge on any atom is -0.382 e. The van der Waals surface area contributed by atoms with Gasteiger partial charge in [0.15, 0.2) is 0 Å². The molecule has 1 saturated carbocycles. The molecule has 3 heterocycles. The highest BCUT2D eigenvalue weighted by atomic mass is 32.1. The van der Waals surface area contributed by atoms with Crippen molar-refractivity contribution in [1.29, 1.82) is 5.26 Å². The number of hydrogen-bond acceptors (Lipinski definition) is 6. The number of aromatic nitrogens is 2. The zero-order chi connectivity index (χ0) is 23.2. The van der Waals surface area contributed by atoms with Crippen LogP contribution in [0.2, 0.25) is 0 Å². The van der Waals surface area contributed by atoms with E-state index in [-0.39, 0.29) is 10.3 Å². The maximum Gasteiger partial charge on any atom is 0.393 e. The second kappa shape index (κ2) is 8.17. The van der Waals surface area contributed by atoms with E-state index in [9.17, 15) is 13.2 Å². The molecule has 1 aliphatic heterocycles. The summed E-state index contributed by atoms with van der Waals surface area (Å²) in [6, 6.07) is 10.4. The topological polar surface area (TPSA) is 64.8 Å². The number of nitrogens with one attached hydrogen (secondary N) is 1. The fourth-order valence-corrected chi connectivity index (χ4v) is 6.29. The second-order valence-electron chi connectivity index (χ2n) is 9.32. The number of alkyl halides is 3. The Bertz CT molecular complexity index is 1220. The van der Waals surface area contributed by atoms with Crippen LogP contribution in [0.4, 0.5) is 24.7 Å². The molecule has 0 radical (unpaired) electrons. The van der Waals surface area contributed by atoms with Gasteiger partial charge in [0.25, 0.3) is 0 Å². The molecule has 0 bridgehead atoms. The Labute approximate surface area is 194 Å². The monoisotopic (exact) mass is 471 g/mol. The van der Waals surface area contributed by atoms with E-state index in [1.165, 1.54) is 6.33 Å². The van der Waals surface area contributed by atoms with E-state index in [1.54, 1.807) is 6.07 Å². The van der Waals surface area contributed by atoms with Crippen LogP contribution in [0.3, 0.4) is 0 Å². The highest BCUT2D eigenvalue weighted by Crippen LogP contribution is 2.50. The molecule has 1 N–H and O–H groups in total. The standard InChI is InChI=1S/C24H24F3N5S/c1-15-8-17(3-2-16(15)4-6-28)31-18-10-23(11-18)5-7-32(13-23)21-20-9-19(12-24(25,26)27)33-22(20)30-14-29-21/h2-3,8-9,14,18,31H,4-5,7,10-13H2,1H3. The minimum absolute atomic E-state index is 0.218. The van der Waals surface area contributed by atoms with E-state index in [0.717, 1.165) is 71.7 Å². The number of nitrogens with zero attached hydrogens (tertiary/aromatic N) is 4. The van der Waals surface area contributed by atoms with Crippen molar-refractivity contribution in [2.45, 2.75) is 51.2 Å². The first-order chi connectivity index (χ1) is 15.7. The molecule has 1 spiro atoms. The van der Waals surface area contributed by atoms with Crippen LogP contribution < -0.4 is 10.2 Å². The Hall–Kier alpha value is -2.86. The Morgan fingerprint density at radius 3 is 2.82 bits per heavy atom. The average Bonchev–Trinajstić information content (AvgIpc) is 3.32. The molecule has 2 fully saturated rings. The first kappa shape index (κ1) is 22.0. The molecule has 5 nitrogen and oxygen atoms in total. The van der Waals surface area contributed by atoms with Crippen molar-refractivity contribution in [1.82, 2.24) is 9.97 Å². The number of halogens is 3. The van der Waals surface area contributed by atoms with Gasteiger partial charge >= 0.3 is 6.18 Å². The first-order valence-electron chi connectivity index (χ1n) is 11.0. The highest BCUT2D eigenvalue weighted by Gasteiger charge is 2.49. The van der Waals surface area contributed by atoms with E-state index in [2.05, 4.69) is 32.3 Å². The third kappa shape index (κ3) is 4.49. The molecule has 172 valence electrons. The lowest BCUT2D eigenvalue weighted by Crippen LogP contribution is -2.46. The molecule has 3 aromatic rings. The summed E-state index contributed by atoms with van der Waals surface area (Å²) in [5.74, 6) is 0.752. The summed E-state index contributed by atoms with van der Waals surface area (Å²) in [6.07, 6.45) is -0.112. The van der Waals surface area contributed by atoms with E-state index in [4.69, 9.17) is 5.26 Å². The average molecular weight is 472 g/mol. The largest absolute Gasteiger partial charge is 0.393 e. The normalized spacial score (nSPS) is 22.5. The van der Waals surface area contributed by atoms with Crippen molar-refractivity contribution in [2.75, 3.05) is 23.3 Å². The summed E-state index contributed by atoms with van der Waals surface area (Å²) in [5, 5.41) is 13.2. The van der Waals surface area contributed by atoms with Gasteiger partial charge in [-0.1, -0.05) is 6.07 Å². The number of nitriles is 1. The maximum absolute atomic E-state index is 12.8. The minimum atomic E-state index is -4.23. The van der Waals surface area contributed by atoms with Crippen LogP contribution in [0, 0.1) is 23.7 Å². The van der Waals surface area contributed by atoms with Crippen LogP contribution >= 0.6 is 11.3 Å². The number of aryl methyl sites for hydroxylation is 1. The number of thiophene rings is 1. The lowest BCUT2D eigenvalue weighted by atomic mass is 9.65. The van der Waals surface area contributed by atoms with Crippen LogP contribution in [0.1, 0.15) is 35.3 Å². The van der Waals surface area contributed by atoms with Crippen molar-refractivity contribution in [3.05, 3.63) is 46.6 Å². The summed E-state index contributed by atoms with van der Waals surface area (Å²) in [5.41, 5.74) is 3.48. The van der Waals surface area contributed by atoms with Crippen molar-refractivity contribution < 1.29 is 13.2 Å². The molecule has 1 aromatic carbocycles. The van der Waals surface area contributed by atoms with Gasteiger partial charge in [-0.2, -0.15) is 18.4 Å². The highest BCUT2D eigenvalue weighted by molar-refractivity contribution is 7.18. The van der Waals surface area contributed by atoms with E-state index < -0.39 is 12.6 Å². The summed E-state index contributed by atoms with van der Waals surface area (Å²) < 4.78 is 38.5. The van der Waals surface area contributed by atoms with Gasteiger partial charge in [-0.15, -0.1) is 11.3 Å². The molecule has 0 unspecified atom stereocenters. The zero-order valence-corrected chi connectivity index (χ0v) is 19.1. The van der Waals surface area contributed by atoms with Gasteiger partial charge in [0.2, 0.25) is 0 Å². The molecule has 1 aliphatic carbocycles. The van der Waals surface area contributed by atoms with Crippen molar-refractivity contribution in [3.63, 3.8) is 0 Å². The molecule has 33 heavy (non-hydrogen) atoms. The van der Waals surface area contributed by atoms with Crippen molar-refractivity contribution in [2.24, 2.45) is 5.41 Å². The quantitative estimate of drug-likeness (QED) is 0.522. The van der Waals surface area contributed by atoms with Crippen LogP contribution in [0.15, 0.2) is 30.6 Å². The molecule has 0 amide bonds. The summed E-state index contributed by atoms with van der Waals surface area (Å²) >= 11 is 1.10. The van der Waals surface area contributed by atoms with Gasteiger partial charge in [0.1, 0.15) is 17.0 Å². The first-order valence-corrected chi connectivity index (χ1v) is 11.8. The Kier molecular flexibility index (Phi) is 5.44. The van der Waals surface area contributed by atoms with Gasteiger partial charge < -0.3 is 10.2 Å². The maximum atomic E-state index is 12.8. The molecule has 2 aliphatic rings. The van der Waals surface area contributed by atoms with Crippen LogP contribution in [-0.4, -0.2) is 35.3 Å². The SMILES string of the molecule is Cc1cc(NC2CC3(CCN(c4ncnc5sc(CC(F)(F)F)cc45)C3)C2)ccc1CC#N. The van der Waals surface area contributed by atoms with Crippen molar-refractivity contribution in [3.8, 4) is 6.07 Å². The third-order valence-electron chi connectivity index (χ3n) is 6.81. The number of fused-ring (bicyclic) bond motifs is 1. The summed E-state index contributed by atoms with van der Waals surface area (Å²) in [6.45, 7) is 3.75. The number of hydrogen-bond donors (Lipinski definition) is 1. The van der Waals surface area contributed by atoms with Crippen LogP contribution in [0.25, 0.3) is 10.2 Å². The van der Waals surface area contributed by atoms with Gasteiger partial charge in [0, 0.05) is 29.7 Å². The Morgan fingerprint density at radius 1 is 1.27 bits per heavy atom. The lowest BCUT2D eigenvalue weighted by molar-refractivity contribution is -0.126. The molecule has 9 heteroatoms. The number of rotatable bonds is 5. The summed E-state index contributed by atoms with van der Waals surface area (Å²) in [7, 11) is 0. The van der Waals surface area contributed by atoms with E-state index in [1.807, 2.05) is 19.1 Å². The van der Waals surface area contributed by atoms with Gasteiger partial charge in [-0.25, -0.2) is 9.97 Å². The number of anilines is 2. The fraction of sp³-hybridized carbons (Fsp3) is 0.458. The molecular formula is C24H24F3N5S. The molecular weight excluding hydrogens is 447 g/mol. The molecule has 0 atom stereocenters. The second-order valence-corrected chi connectivity index (χ2v) is 10.4. The van der Waals surface area contributed by atoms with Crippen molar-refractivity contribution >= 4 is 33.1 Å². The fourth-order valence-electron chi connectivity index (χ4n) is 5.27. The molecule has 1 saturated heterocycles. The van der Waals surface area contributed by atoms with Gasteiger partial charge in [-0.05, 0) is 60.9 Å². The lowest BCUT2D eigenvalue weighted by Gasteiger charge is -2.46. The van der Waals surface area contributed by atoms with E-state index >= 15 is 0 Å². The molecule has 2 aromatic heterocycles. The summed E-state index contributed by atoms with van der Waals surface area (Å²) in [4.78, 5) is 11.8. The Balaban J connectivity index is 1.24.